The molecule has 1 saturated heterocycles. The summed E-state index contributed by atoms with van der Waals surface area (Å²) in [6.45, 7) is 2.95. The molecular formula is C19H22N2O3S. The van der Waals surface area contributed by atoms with Gasteiger partial charge < -0.3 is 14.5 Å². The second kappa shape index (κ2) is 8.16. The molecule has 132 valence electrons. The van der Waals surface area contributed by atoms with Crippen molar-refractivity contribution in [3.05, 3.63) is 46.7 Å². The first-order chi connectivity index (χ1) is 12.2. The standard InChI is InChI=1S/C19H22N2O3S/c1-24-16-5-2-4-15(14-16)20-9-11-21(12-10-20)19(23)8-7-17(22)18-6-3-13-25-18/h2-6,13-14H,7-12H2,1H3. The number of anilines is 1. The van der Waals surface area contributed by atoms with Crippen LogP contribution in [0.4, 0.5) is 5.69 Å². The zero-order chi connectivity index (χ0) is 17.6. The fourth-order valence-corrected chi connectivity index (χ4v) is 3.65. The monoisotopic (exact) mass is 358 g/mol. The summed E-state index contributed by atoms with van der Waals surface area (Å²) >= 11 is 1.43. The highest BCUT2D eigenvalue weighted by Gasteiger charge is 2.22. The lowest BCUT2D eigenvalue weighted by Gasteiger charge is -2.36. The number of methoxy groups -OCH3 is 1. The molecule has 6 heteroatoms. The molecule has 1 aromatic carbocycles. The molecule has 1 aromatic heterocycles. The van der Waals surface area contributed by atoms with Crippen molar-refractivity contribution in [3.8, 4) is 5.75 Å². The van der Waals surface area contributed by atoms with Crippen LogP contribution >= 0.6 is 11.3 Å². The Balaban J connectivity index is 1.48. The predicted octanol–water partition coefficient (Wildman–Crippen LogP) is 3.07. The molecule has 1 amide bonds. The highest BCUT2D eigenvalue weighted by Crippen LogP contribution is 2.22. The Morgan fingerprint density at radius 1 is 1.08 bits per heavy atom. The van der Waals surface area contributed by atoms with Gasteiger partial charge in [-0.05, 0) is 23.6 Å². The van der Waals surface area contributed by atoms with E-state index in [1.807, 2.05) is 40.6 Å². The van der Waals surface area contributed by atoms with Gasteiger partial charge >= 0.3 is 0 Å². The third kappa shape index (κ3) is 4.39. The molecule has 2 aromatic rings. The first-order valence-electron chi connectivity index (χ1n) is 8.41. The van der Waals surface area contributed by atoms with Gasteiger partial charge in [-0.25, -0.2) is 0 Å². The number of piperazine rings is 1. The van der Waals surface area contributed by atoms with E-state index in [0.29, 0.717) is 13.1 Å². The van der Waals surface area contributed by atoms with Crippen molar-refractivity contribution in [2.24, 2.45) is 0 Å². The van der Waals surface area contributed by atoms with Crippen molar-refractivity contribution >= 4 is 28.7 Å². The number of nitrogens with zero attached hydrogens (tertiary/aromatic N) is 2. The summed E-state index contributed by atoms with van der Waals surface area (Å²) in [6.07, 6.45) is 0.575. The van der Waals surface area contributed by atoms with E-state index in [0.717, 1.165) is 29.4 Å². The number of hydrogen-bond donors (Lipinski definition) is 0. The van der Waals surface area contributed by atoms with Gasteiger partial charge in [0.15, 0.2) is 5.78 Å². The lowest BCUT2D eigenvalue weighted by atomic mass is 10.1. The average molecular weight is 358 g/mol. The predicted molar refractivity (Wildman–Crippen MR) is 99.7 cm³/mol. The Morgan fingerprint density at radius 2 is 1.88 bits per heavy atom. The number of carbonyl (C=O) groups excluding carboxylic acids is 2. The van der Waals surface area contributed by atoms with E-state index >= 15 is 0 Å². The highest BCUT2D eigenvalue weighted by atomic mass is 32.1. The second-order valence-electron chi connectivity index (χ2n) is 5.97. The molecule has 0 atom stereocenters. The minimum absolute atomic E-state index is 0.0540. The number of rotatable bonds is 6. The molecule has 2 heterocycles. The van der Waals surface area contributed by atoms with Crippen molar-refractivity contribution < 1.29 is 14.3 Å². The van der Waals surface area contributed by atoms with Gasteiger partial charge in [0.05, 0.1) is 12.0 Å². The van der Waals surface area contributed by atoms with E-state index in [2.05, 4.69) is 11.0 Å². The maximum atomic E-state index is 12.4. The largest absolute Gasteiger partial charge is 0.497 e. The molecule has 0 spiro atoms. The number of benzene rings is 1. The van der Waals surface area contributed by atoms with E-state index in [9.17, 15) is 9.59 Å². The highest BCUT2D eigenvalue weighted by molar-refractivity contribution is 7.12. The van der Waals surface area contributed by atoms with Gasteiger partial charge in [-0.2, -0.15) is 0 Å². The maximum absolute atomic E-state index is 12.4. The molecule has 0 aliphatic carbocycles. The van der Waals surface area contributed by atoms with Crippen LogP contribution in [0.25, 0.3) is 0 Å². The summed E-state index contributed by atoms with van der Waals surface area (Å²) in [7, 11) is 1.66. The summed E-state index contributed by atoms with van der Waals surface area (Å²) in [5.74, 6) is 0.955. The zero-order valence-electron chi connectivity index (χ0n) is 14.3. The molecule has 25 heavy (non-hydrogen) atoms. The van der Waals surface area contributed by atoms with Gasteiger partial charge in [0, 0.05) is 50.8 Å². The fraction of sp³-hybridized carbons (Fsp3) is 0.368. The molecule has 0 bridgehead atoms. The number of thiophene rings is 1. The van der Waals surface area contributed by atoms with Gasteiger partial charge in [0.2, 0.25) is 5.91 Å². The minimum Gasteiger partial charge on any atom is -0.497 e. The van der Waals surface area contributed by atoms with Crippen LogP contribution < -0.4 is 9.64 Å². The van der Waals surface area contributed by atoms with E-state index in [-0.39, 0.29) is 24.5 Å². The first-order valence-corrected chi connectivity index (χ1v) is 9.29. The normalized spacial score (nSPS) is 14.4. The van der Waals surface area contributed by atoms with Crippen molar-refractivity contribution in [1.29, 1.82) is 0 Å². The Kier molecular flexibility index (Phi) is 5.71. The van der Waals surface area contributed by atoms with E-state index in [1.54, 1.807) is 7.11 Å². The number of hydrogen-bond acceptors (Lipinski definition) is 5. The molecule has 1 aliphatic rings. The quantitative estimate of drug-likeness (QED) is 0.745. The Labute approximate surface area is 151 Å². The van der Waals surface area contributed by atoms with Crippen molar-refractivity contribution in [2.45, 2.75) is 12.8 Å². The smallest absolute Gasteiger partial charge is 0.223 e. The topological polar surface area (TPSA) is 49.9 Å². The van der Waals surface area contributed by atoms with Gasteiger partial charge in [-0.1, -0.05) is 12.1 Å². The first kappa shape index (κ1) is 17.5. The van der Waals surface area contributed by atoms with Gasteiger partial charge in [0.1, 0.15) is 5.75 Å². The third-order valence-electron chi connectivity index (χ3n) is 4.41. The number of carbonyl (C=O) groups is 2. The van der Waals surface area contributed by atoms with Crippen LogP contribution in [0.3, 0.4) is 0 Å². The number of amides is 1. The van der Waals surface area contributed by atoms with Crippen molar-refractivity contribution in [1.82, 2.24) is 4.90 Å². The fourth-order valence-electron chi connectivity index (χ4n) is 2.96. The van der Waals surface area contributed by atoms with Crippen molar-refractivity contribution in [2.75, 3.05) is 38.2 Å². The Morgan fingerprint density at radius 3 is 2.56 bits per heavy atom. The average Bonchev–Trinajstić information content (AvgIpc) is 3.21. The molecule has 3 rings (SSSR count). The van der Waals surface area contributed by atoms with Gasteiger partial charge in [-0.15, -0.1) is 11.3 Å². The third-order valence-corrected chi connectivity index (χ3v) is 5.32. The maximum Gasteiger partial charge on any atom is 0.223 e. The summed E-state index contributed by atoms with van der Waals surface area (Å²) < 4.78 is 5.27. The van der Waals surface area contributed by atoms with Crippen LogP contribution in [0.2, 0.25) is 0 Å². The Bertz CT molecular complexity index is 722. The lowest BCUT2D eigenvalue weighted by molar-refractivity contribution is -0.131. The molecule has 0 N–H and O–H groups in total. The van der Waals surface area contributed by atoms with Crippen LogP contribution in [-0.4, -0.2) is 49.9 Å². The summed E-state index contributed by atoms with van der Waals surface area (Å²) in [5, 5.41) is 1.88. The molecule has 0 unspecified atom stereocenters. The summed E-state index contributed by atoms with van der Waals surface area (Å²) in [5.41, 5.74) is 1.11. The van der Waals surface area contributed by atoms with Crippen molar-refractivity contribution in [3.63, 3.8) is 0 Å². The van der Waals surface area contributed by atoms with Crippen LogP contribution in [0.5, 0.6) is 5.75 Å². The van der Waals surface area contributed by atoms with Gasteiger partial charge in [-0.3, -0.25) is 9.59 Å². The molecule has 1 fully saturated rings. The van der Waals surface area contributed by atoms with E-state index < -0.39 is 0 Å². The summed E-state index contributed by atoms with van der Waals surface area (Å²) in [4.78, 5) is 29.2. The van der Waals surface area contributed by atoms with Crippen LogP contribution in [-0.2, 0) is 4.79 Å². The molecule has 5 nitrogen and oxygen atoms in total. The summed E-state index contributed by atoms with van der Waals surface area (Å²) in [6, 6.07) is 11.6. The molecular weight excluding hydrogens is 336 g/mol. The van der Waals surface area contributed by atoms with Crippen LogP contribution in [0, 0.1) is 0 Å². The van der Waals surface area contributed by atoms with E-state index in [4.69, 9.17) is 4.74 Å². The Hall–Kier alpha value is -2.34. The number of ether oxygens (including phenoxy) is 1. The SMILES string of the molecule is COc1cccc(N2CCN(C(=O)CCC(=O)c3cccs3)CC2)c1. The number of ketones is 1. The molecule has 1 aliphatic heterocycles. The lowest BCUT2D eigenvalue weighted by Crippen LogP contribution is -2.48. The number of Topliss-reactive ketones (excluding diaryl/α,β-unsaturated/α-hetero) is 1. The van der Waals surface area contributed by atoms with E-state index in [1.165, 1.54) is 11.3 Å². The second-order valence-corrected chi connectivity index (χ2v) is 6.92. The van der Waals surface area contributed by atoms with Gasteiger partial charge in [0.25, 0.3) is 0 Å². The molecule has 0 saturated carbocycles. The molecule has 0 radical (unpaired) electrons. The minimum atomic E-state index is 0.0540. The zero-order valence-corrected chi connectivity index (χ0v) is 15.1. The van der Waals surface area contributed by atoms with Crippen LogP contribution in [0.1, 0.15) is 22.5 Å². The van der Waals surface area contributed by atoms with Crippen LogP contribution in [0.15, 0.2) is 41.8 Å².